The summed E-state index contributed by atoms with van der Waals surface area (Å²) in [5, 5.41) is 12.7. The number of likely N-dealkylation sites (tertiary alicyclic amines) is 1. The normalized spacial score (nSPS) is 24.6. The number of nitrogens with one attached hydrogen (secondary N) is 1. The maximum absolute atomic E-state index is 13.5. The quantitative estimate of drug-likeness (QED) is 0.598. The fourth-order valence-electron chi connectivity index (χ4n) is 5.02. The van der Waals surface area contributed by atoms with E-state index in [-0.39, 0.29) is 17.9 Å². The zero-order valence-electron chi connectivity index (χ0n) is 19.5. The van der Waals surface area contributed by atoms with Gasteiger partial charge in [-0.2, -0.15) is 0 Å². The Balaban J connectivity index is 1.69. The summed E-state index contributed by atoms with van der Waals surface area (Å²) in [5.41, 5.74) is 0.428. The van der Waals surface area contributed by atoms with Crippen LogP contribution in [0, 0.1) is 5.92 Å². The van der Waals surface area contributed by atoms with Gasteiger partial charge in [0.15, 0.2) is 0 Å². The van der Waals surface area contributed by atoms with Crippen LogP contribution < -0.4 is 5.32 Å². The number of hydrogen-bond donors (Lipinski definition) is 2. The van der Waals surface area contributed by atoms with Gasteiger partial charge in [-0.3, -0.25) is 14.9 Å². The lowest BCUT2D eigenvalue weighted by atomic mass is 10.0. The number of carboxylic acids is 1. The van der Waals surface area contributed by atoms with Crippen LogP contribution in [0.4, 0.5) is 0 Å². The first-order chi connectivity index (χ1) is 15.1. The molecule has 7 nitrogen and oxygen atoms in total. The summed E-state index contributed by atoms with van der Waals surface area (Å²) in [6.07, 6.45) is 4.51. The lowest BCUT2D eigenvalue weighted by Gasteiger charge is -2.33. The number of benzene rings is 1. The van der Waals surface area contributed by atoms with Crippen LogP contribution >= 0.6 is 0 Å². The highest BCUT2D eigenvalue weighted by Gasteiger charge is 2.50. The zero-order chi connectivity index (χ0) is 23.5. The Hall–Kier alpha value is -2.41. The Morgan fingerprint density at radius 1 is 1.19 bits per heavy atom. The van der Waals surface area contributed by atoms with Gasteiger partial charge in [0.25, 0.3) is 0 Å². The Morgan fingerprint density at radius 3 is 2.50 bits per heavy atom. The van der Waals surface area contributed by atoms with Crippen molar-refractivity contribution in [2.24, 2.45) is 5.92 Å². The second-order valence-corrected chi connectivity index (χ2v) is 10.1. The maximum atomic E-state index is 13.5. The van der Waals surface area contributed by atoms with Gasteiger partial charge >= 0.3 is 11.9 Å². The second-order valence-electron chi connectivity index (χ2n) is 10.1. The number of esters is 1. The third-order valence-electron chi connectivity index (χ3n) is 6.46. The van der Waals surface area contributed by atoms with Gasteiger partial charge in [0, 0.05) is 6.04 Å². The Labute approximate surface area is 190 Å². The van der Waals surface area contributed by atoms with Crippen molar-refractivity contribution >= 4 is 17.8 Å². The van der Waals surface area contributed by atoms with E-state index in [0.29, 0.717) is 25.2 Å². The van der Waals surface area contributed by atoms with Gasteiger partial charge in [-0.25, -0.2) is 4.79 Å². The number of nitrogens with zero attached hydrogens (tertiary/aromatic N) is 1. The molecule has 0 radical (unpaired) electrons. The van der Waals surface area contributed by atoms with Gasteiger partial charge in [0.2, 0.25) is 5.91 Å². The Morgan fingerprint density at radius 2 is 1.88 bits per heavy atom. The summed E-state index contributed by atoms with van der Waals surface area (Å²) >= 11 is 0. The number of aliphatic carboxylic acids is 1. The fraction of sp³-hybridized carbons (Fsp3) is 0.640. The van der Waals surface area contributed by atoms with Crippen LogP contribution in [0.1, 0.15) is 65.4 Å². The molecule has 32 heavy (non-hydrogen) atoms. The van der Waals surface area contributed by atoms with Gasteiger partial charge in [-0.1, -0.05) is 36.8 Å². The van der Waals surface area contributed by atoms with Crippen molar-refractivity contribution in [3.63, 3.8) is 0 Å². The maximum Gasteiger partial charge on any atom is 0.329 e. The van der Waals surface area contributed by atoms with Crippen LogP contribution in [-0.2, 0) is 25.5 Å². The number of hydrogen-bond acceptors (Lipinski definition) is 5. The van der Waals surface area contributed by atoms with Crippen molar-refractivity contribution in [1.82, 2.24) is 10.2 Å². The van der Waals surface area contributed by atoms with Gasteiger partial charge in [-0.15, -0.1) is 0 Å². The SMILES string of the molecule is C[C@H](NC(CCc1ccccc1)C(=O)O)C(=O)N1C(C(=O)OC(C)(C)C)CC2CCC[C@@H]21. The van der Waals surface area contributed by atoms with E-state index in [1.54, 1.807) is 11.8 Å². The van der Waals surface area contributed by atoms with E-state index in [2.05, 4.69) is 5.32 Å². The molecule has 0 bridgehead atoms. The minimum Gasteiger partial charge on any atom is -0.480 e. The van der Waals surface area contributed by atoms with E-state index in [1.165, 1.54) is 0 Å². The van der Waals surface area contributed by atoms with Crippen molar-refractivity contribution in [2.45, 2.75) is 96.0 Å². The summed E-state index contributed by atoms with van der Waals surface area (Å²) < 4.78 is 5.61. The minimum atomic E-state index is -0.982. The zero-order valence-corrected chi connectivity index (χ0v) is 19.5. The molecule has 0 spiro atoms. The summed E-state index contributed by atoms with van der Waals surface area (Å²) in [7, 11) is 0. The molecule has 1 aromatic rings. The van der Waals surface area contributed by atoms with Crippen molar-refractivity contribution in [3.05, 3.63) is 35.9 Å². The monoisotopic (exact) mass is 444 g/mol. The van der Waals surface area contributed by atoms with Crippen LogP contribution in [0.5, 0.6) is 0 Å². The average Bonchev–Trinajstić information content (AvgIpc) is 3.31. The van der Waals surface area contributed by atoms with E-state index >= 15 is 0 Å². The predicted molar refractivity (Wildman–Crippen MR) is 121 cm³/mol. The molecule has 1 saturated carbocycles. The van der Waals surface area contributed by atoms with Crippen LogP contribution in [0.25, 0.3) is 0 Å². The summed E-state index contributed by atoms with van der Waals surface area (Å²) in [4.78, 5) is 39.9. The van der Waals surface area contributed by atoms with Gasteiger partial charge in [0.05, 0.1) is 6.04 Å². The van der Waals surface area contributed by atoms with Crippen LogP contribution in [0.2, 0.25) is 0 Å². The number of rotatable bonds is 8. The highest BCUT2D eigenvalue weighted by Crippen LogP contribution is 2.42. The first kappa shape index (κ1) is 24.2. The third-order valence-corrected chi connectivity index (χ3v) is 6.46. The molecule has 0 aromatic heterocycles. The molecule has 1 heterocycles. The molecule has 5 atom stereocenters. The highest BCUT2D eigenvalue weighted by molar-refractivity contribution is 5.89. The number of ether oxygens (including phenoxy) is 1. The molecule has 1 aromatic carbocycles. The number of carboxylic acid groups (broad SMARTS) is 1. The molecule has 176 valence electrons. The van der Waals surface area contributed by atoms with Crippen LogP contribution in [0.3, 0.4) is 0 Å². The number of fused-ring (bicyclic) bond motifs is 1. The molecule has 1 aliphatic heterocycles. The number of aryl methyl sites for hydroxylation is 1. The van der Waals surface area contributed by atoms with E-state index in [9.17, 15) is 19.5 Å². The number of carbonyl (C=O) groups is 3. The van der Waals surface area contributed by atoms with Crippen molar-refractivity contribution in [3.8, 4) is 0 Å². The van der Waals surface area contributed by atoms with Crippen LogP contribution in [0.15, 0.2) is 30.3 Å². The van der Waals surface area contributed by atoms with E-state index in [1.807, 2.05) is 51.1 Å². The highest BCUT2D eigenvalue weighted by atomic mass is 16.6. The summed E-state index contributed by atoms with van der Waals surface area (Å²) in [5.74, 6) is -1.27. The predicted octanol–water partition coefficient (Wildman–Crippen LogP) is 3.16. The molecule has 2 N–H and O–H groups in total. The largest absolute Gasteiger partial charge is 0.480 e. The number of carbonyl (C=O) groups excluding carboxylic acids is 2. The fourth-order valence-corrected chi connectivity index (χ4v) is 5.02. The Bertz CT molecular complexity index is 819. The smallest absolute Gasteiger partial charge is 0.329 e. The molecule has 1 amide bonds. The van der Waals surface area contributed by atoms with E-state index < -0.39 is 29.7 Å². The first-order valence-electron chi connectivity index (χ1n) is 11.6. The second kappa shape index (κ2) is 10.0. The van der Waals surface area contributed by atoms with Crippen molar-refractivity contribution in [1.29, 1.82) is 0 Å². The summed E-state index contributed by atoms with van der Waals surface area (Å²) in [6, 6.07) is 7.55. The third kappa shape index (κ3) is 5.88. The summed E-state index contributed by atoms with van der Waals surface area (Å²) in [6.45, 7) is 7.15. The molecule has 7 heteroatoms. The van der Waals surface area contributed by atoms with Crippen molar-refractivity contribution in [2.75, 3.05) is 0 Å². The molecule has 1 aliphatic carbocycles. The molecular weight excluding hydrogens is 408 g/mol. The topological polar surface area (TPSA) is 95.9 Å². The van der Waals surface area contributed by atoms with E-state index in [0.717, 1.165) is 24.8 Å². The van der Waals surface area contributed by atoms with Gasteiger partial charge < -0.3 is 14.7 Å². The molecule has 2 aliphatic rings. The molecule has 2 fully saturated rings. The lowest BCUT2D eigenvalue weighted by molar-refractivity contribution is -0.164. The van der Waals surface area contributed by atoms with E-state index in [4.69, 9.17) is 4.74 Å². The first-order valence-corrected chi connectivity index (χ1v) is 11.6. The standard InChI is InChI=1S/C25H36N2O5/c1-16(26-19(23(29)30)14-13-17-9-6-5-7-10-17)22(28)27-20-12-8-11-18(20)15-21(27)24(31)32-25(2,3)4/h5-7,9-10,16,18-21,26H,8,11-15H2,1-4H3,(H,29,30)/t16-,18?,19?,20-,21?/m0/s1. The lowest BCUT2D eigenvalue weighted by Crippen LogP contribution is -2.55. The van der Waals surface area contributed by atoms with Gasteiger partial charge in [0.1, 0.15) is 17.7 Å². The molecule has 3 unspecified atom stereocenters. The number of amides is 1. The Kier molecular flexibility index (Phi) is 7.59. The van der Waals surface area contributed by atoms with Crippen LogP contribution in [-0.4, -0.2) is 57.6 Å². The van der Waals surface area contributed by atoms with Gasteiger partial charge in [-0.05, 0) is 71.3 Å². The minimum absolute atomic E-state index is 0.0249. The van der Waals surface area contributed by atoms with Crippen molar-refractivity contribution < 1.29 is 24.2 Å². The molecule has 3 rings (SSSR count). The molecule has 1 saturated heterocycles. The average molecular weight is 445 g/mol. The molecular formula is C25H36N2O5.